The lowest BCUT2D eigenvalue weighted by Gasteiger charge is -2.10. The molecule has 0 heterocycles. The van der Waals surface area contributed by atoms with Crippen LogP contribution in [0.4, 0.5) is 0 Å². The SMILES string of the molecule is CCOc1cc(P(C)(C)=O)ccc1Cl. The molecule has 0 spiro atoms. The van der Waals surface area contributed by atoms with Crippen molar-refractivity contribution >= 4 is 24.0 Å². The smallest absolute Gasteiger partial charge is 0.138 e. The fourth-order valence-electron chi connectivity index (χ4n) is 1.09. The molecule has 2 nitrogen and oxygen atoms in total. The first-order valence-corrected chi connectivity index (χ1v) is 7.41. The summed E-state index contributed by atoms with van der Waals surface area (Å²) in [6, 6.07) is 5.26. The third-order valence-corrected chi connectivity index (χ3v) is 3.67. The second-order valence-electron chi connectivity index (χ2n) is 3.40. The molecule has 0 radical (unpaired) electrons. The normalized spacial score (nSPS) is 11.4. The average Bonchev–Trinajstić information content (AvgIpc) is 2.07. The molecule has 0 saturated heterocycles. The lowest BCUT2D eigenvalue weighted by Crippen LogP contribution is -2.04. The maximum Gasteiger partial charge on any atom is 0.138 e. The first-order chi connectivity index (χ1) is 6.45. The van der Waals surface area contributed by atoms with Gasteiger partial charge in [0.2, 0.25) is 0 Å². The van der Waals surface area contributed by atoms with Crippen LogP contribution < -0.4 is 10.0 Å². The van der Waals surface area contributed by atoms with E-state index in [-0.39, 0.29) is 0 Å². The van der Waals surface area contributed by atoms with Crippen LogP contribution in [0.25, 0.3) is 0 Å². The zero-order valence-electron chi connectivity index (χ0n) is 8.58. The van der Waals surface area contributed by atoms with Crippen LogP contribution in [0.5, 0.6) is 5.75 Å². The molecule has 14 heavy (non-hydrogen) atoms. The summed E-state index contributed by atoms with van der Waals surface area (Å²) in [5.41, 5.74) is 0. The van der Waals surface area contributed by atoms with Crippen molar-refractivity contribution in [2.75, 3.05) is 19.9 Å². The fourth-order valence-corrected chi connectivity index (χ4v) is 2.13. The summed E-state index contributed by atoms with van der Waals surface area (Å²) in [5.74, 6) is 0.607. The molecule has 0 N–H and O–H groups in total. The van der Waals surface area contributed by atoms with Crippen LogP contribution in [-0.2, 0) is 4.57 Å². The van der Waals surface area contributed by atoms with Gasteiger partial charge in [0.15, 0.2) is 0 Å². The van der Waals surface area contributed by atoms with Gasteiger partial charge in [0.05, 0.1) is 11.6 Å². The first kappa shape index (κ1) is 11.6. The van der Waals surface area contributed by atoms with E-state index in [1.807, 2.05) is 6.92 Å². The Kier molecular flexibility index (Phi) is 3.63. The molecule has 0 aromatic heterocycles. The highest BCUT2D eigenvalue weighted by Crippen LogP contribution is 2.37. The van der Waals surface area contributed by atoms with Gasteiger partial charge in [-0.05, 0) is 38.5 Å². The Bertz CT molecular complexity index is 370. The molecule has 0 bridgehead atoms. The lowest BCUT2D eigenvalue weighted by atomic mass is 10.3. The molecule has 0 amide bonds. The van der Waals surface area contributed by atoms with Crippen molar-refractivity contribution in [3.05, 3.63) is 23.2 Å². The second-order valence-corrected chi connectivity index (χ2v) is 7.02. The molecule has 1 aromatic carbocycles. The summed E-state index contributed by atoms with van der Waals surface area (Å²) >= 11 is 5.91. The Balaban J connectivity index is 3.13. The molecular formula is C10H14ClO2P. The molecule has 1 rings (SSSR count). The zero-order valence-corrected chi connectivity index (χ0v) is 10.2. The van der Waals surface area contributed by atoms with Crippen LogP contribution in [-0.4, -0.2) is 19.9 Å². The van der Waals surface area contributed by atoms with Gasteiger partial charge in [-0.15, -0.1) is 0 Å². The van der Waals surface area contributed by atoms with Crippen LogP contribution >= 0.6 is 18.7 Å². The molecule has 0 atom stereocenters. The molecule has 1 aromatic rings. The van der Waals surface area contributed by atoms with Gasteiger partial charge in [-0.25, -0.2) is 0 Å². The van der Waals surface area contributed by atoms with Crippen LogP contribution in [0.2, 0.25) is 5.02 Å². The number of rotatable bonds is 3. The summed E-state index contributed by atoms with van der Waals surface area (Å²) < 4.78 is 17.1. The molecule has 0 aliphatic carbocycles. The van der Waals surface area contributed by atoms with Gasteiger partial charge in [-0.3, -0.25) is 0 Å². The van der Waals surface area contributed by atoms with E-state index in [1.54, 1.807) is 31.5 Å². The average molecular weight is 233 g/mol. The van der Waals surface area contributed by atoms with Gasteiger partial charge >= 0.3 is 0 Å². The van der Waals surface area contributed by atoms with Crippen molar-refractivity contribution in [1.82, 2.24) is 0 Å². The molecule has 78 valence electrons. The number of hydrogen-bond donors (Lipinski definition) is 0. The van der Waals surface area contributed by atoms with Crippen LogP contribution in [0.3, 0.4) is 0 Å². The van der Waals surface area contributed by atoms with Gasteiger partial charge in [0.1, 0.15) is 12.9 Å². The molecule has 0 aliphatic rings. The number of halogens is 1. The largest absolute Gasteiger partial charge is 0.492 e. The quantitative estimate of drug-likeness (QED) is 0.749. The fraction of sp³-hybridized carbons (Fsp3) is 0.400. The predicted molar refractivity (Wildman–Crippen MR) is 61.7 cm³/mol. The Morgan fingerprint density at radius 3 is 2.57 bits per heavy atom. The first-order valence-electron chi connectivity index (χ1n) is 4.43. The van der Waals surface area contributed by atoms with E-state index in [9.17, 15) is 4.57 Å². The molecule has 0 unspecified atom stereocenters. The molecular weight excluding hydrogens is 219 g/mol. The summed E-state index contributed by atoms with van der Waals surface area (Å²) in [7, 11) is -2.23. The summed E-state index contributed by atoms with van der Waals surface area (Å²) in [5, 5.41) is 1.36. The maximum atomic E-state index is 11.8. The van der Waals surface area contributed by atoms with Gasteiger partial charge in [-0.1, -0.05) is 11.6 Å². The maximum absolute atomic E-state index is 11.8. The van der Waals surface area contributed by atoms with E-state index in [0.717, 1.165) is 5.30 Å². The van der Waals surface area contributed by atoms with Crippen molar-refractivity contribution < 1.29 is 9.30 Å². The number of hydrogen-bond acceptors (Lipinski definition) is 2. The van der Waals surface area contributed by atoms with Crippen molar-refractivity contribution in [2.24, 2.45) is 0 Å². The summed E-state index contributed by atoms with van der Waals surface area (Å²) in [4.78, 5) is 0. The molecule has 0 aliphatic heterocycles. The highest BCUT2D eigenvalue weighted by atomic mass is 35.5. The monoisotopic (exact) mass is 232 g/mol. The molecule has 0 saturated carbocycles. The minimum atomic E-state index is -2.23. The minimum Gasteiger partial charge on any atom is -0.492 e. The van der Waals surface area contributed by atoms with E-state index >= 15 is 0 Å². The lowest BCUT2D eigenvalue weighted by molar-refractivity contribution is 0.340. The van der Waals surface area contributed by atoms with E-state index in [4.69, 9.17) is 16.3 Å². The summed E-state index contributed by atoms with van der Waals surface area (Å²) in [6.07, 6.45) is 0. The Morgan fingerprint density at radius 2 is 2.07 bits per heavy atom. The van der Waals surface area contributed by atoms with Crippen LogP contribution in [0.15, 0.2) is 18.2 Å². The van der Waals surface area contributed by atoms with Crippen molar-refractivity contribution in [3.63, 3.8) is 0 Å². The van der Waals surface area contributed by atoms with Crippen LogP contribution in [0.1, 0.15) is 6.92 Å². The highest BCUT2D eigenvalue weighted by Gasteiger charge is 2.13. The zero-order chi connectivity index (χ0) is 10.8. The molecule has 4 heteroatoms. The van der Waals surface area contributed by atoms with Gasteiger partial charge < -0.3 is 9.30 Å². The van der Waals surface area contributed by atoms with E-state index in [0.29, 0.717) is 17.4 Å². The Morgan fingerprint density at radius 1 is 1.43 bits per heavy atom. The Hall–Kier alpha value is -0.460. The van der Waals surface area contributed by atoms with Crippen LogP contribution in [0, 0.1) is 0 Å². The third kappa shape index (κ3) is 2.76. The number of ether oxygens (including phenoxy) is 1. The van der Waals surface area contributed by atoms with Gasteiger partial charge in [0.25, 0.3) is 0 Å². The standard InChI is InChI=1S/C10H14ClO2P/c1-4-13-10-7-8(14(2,3)12)5-6-9(10)11/h5-7H,4H2,1-3H3. The van der Waals surface area contributed by atoms with Crippen molar-refractivity contribution in [1.29, 1.82) is 0 Å². The summed E-state index contributed by atoms with van der Waals surface area (Å²) in [6.45, 7) is 5.90. The van der Waals surface area contributed by atoms with E-state index in [1.165, 1.54) is 0 Å². The Labute approximate surface area is 89.6 Å². The van der Waals surface area contributed by atoms with E-state index in [2.05, 4.69) is 0 Å². The van der Waals surface area contributed by atoms with Gasteiger partial charge in [0, 0.05) is 5.30 Å². The second kappa shape index (κ2) is 4.37. The topological polar surface area (TPSA) is 26.3 Å². The molecule has 0 fully saturated rings. The van der Waals surface area contributed by atoms with Gasteiger partial charge in [-0.2, -0.15) is 0 Å². The third-order valence-electron chi connectivity index (χ3n) is 1.84. The predicted octanol–water partition coefficient (Wildman–Crippen LogP) is 2.99. The highest BCUT2D eigenvalue weighted by molar-refractivity contribution is 7.70. The van der Waals surface area contributed by atoms with Crippen molar-refractivity contribution in [2.45, 2.75) is 6.92 Å². The minimum absolute atomic E-state index is 0.556. The number of benzene rings is 1. The van der Waals surface area contributed by atoms with Crippen molar-refractivity contribution in [3.8, 4) is 5.75 Å². The van der Waals surface area contributed by atoms with E-state index < -0.39 is 7.14 Å².